The van der Waals surface area contributed by atoms with Crippen LogP contribution in [0.2, 0.25) is 0 Å². The summed E-state index contributed by atoms with van der Waals surface area (Å²) in [5, 5.41) is 2.70. The van der Waals surface area contributed by atoms with Crippen molar-refractivity contribution in [1.29, 1.82) is 0 Å². The van der Waals surface area contributed by atoms with Gasteiger partial charge in [0.15, 0.2) is 12.2 Å². The highest BCUT2D eigenvalue weighted by molar-refractivity contribution is 5.71. The van der Waals surface area contributed by atoms with Crippen molar-refractivity contribution >= 4 is 12.1 Å². The number of hydrogen-bond acceptors (Lipinski definition) is 5. The largest absolute Gasteiger partial charge is 0.457 e. The number of alkyl carbamates (subject to hydrolysis) is 1. The van der Waals surface area contributed by atoms with Crippen LogP contribution in [0, 0.1) is 0 Å². The van der Waals surface area contributed by atoms with Crippen LogP contribution in [0.3, 0.4) is 0 Å². The number of nitrogens with one attached hydrogen (secondary N) is 1. The number of hydrogen-bond donors (Lipinski definition) is 1. The van der Waals surface area contributed by atoms with Crippen LogP contribution in [-0.2, 0) is 19.0 Å². The second kappa shape index (κ2) is 5.56. The van der Waals surface area contributed by atoms with Gasteiger partial charge in [0.05, 0.1) is 12.7 Å². The van der Waals surface area contributed by atoms with Crippen LogP contribution in [-0.4, -0.2) is 43.0 Å². The third-order valence-corrected chi connectivity index (χ3v) is 3.28. The third-order valence-electron chi connectivity index (χ3n) is 3.28. The van der Waals surface area contributed by atoms with Crippen molar-refractivity contribution in [2.45, 2.75) is 57.5 Å². The molecule has 18 heavy (non-hydrogen) atoms. The van der Waals surface area contributed by atoms with E-state index in [0.29, 0.717) is 6.61 Å². The highest BCUT2D eigenvalue weighted by Crippen LogP contribution is 2.27. The summed E-state index contributed by atoms with van der Waals surface area (Å²) in [6.45, 7) is 3.81. The molecule has 4 atom stereocenters. The number of amides is 1. The molecule has 2 heterocycles. The Morgan fingerprint density at radius 2 is 2.33 bits per heavy atom. The fourth-order valence-corrected chi connectivity index (χ4v) is 2.44. The predicted molar refractivity (Wildman–Crippen MR) is 62.0 cm³/mol. The first-order valence-corrected chi connectivity index (χ1v) is 6.37. The number of fused-ring (bicyclic) bond motifs is 1. The zero-order valence-electron chi connectivity index (χ0n) is 10.7. The van der Waals surface area contributed by atoms with Gasteiger partial charge in [-0.3, -0.25) is 4.79 Å². The van der Waals surface area contributed by atoms with Crippen LogP contribution in [0.1, 0.15) is 33.1 Å². The van der Waals surface area contributed by atoms with Gasteiger partial charge in [-0.1, -0.05) is 19.8 Å². The molecule has 0 aromatic rings. The first-order valence-electron chi connectivity index (χ1n) is 6.37. The van der Waals surface area contributed by atoms with Crippen molar-refractivity contribution in [1.82, 2.24) is 5.32 Å². The number of esters is 1. The zero-order chi connectivity index (χ0) is 13.1. The molecule has 0 spiro atoms. The molecule has 6 heteroatoms. The Bertz CT molecular complexity index is 332. The molecule has 2 aliphatic heterocycles. The lowest BCUT2D eigenvalue weighted by molar-refractivity contribution is -0.173. The molecule has 0 bridgehead atoms. The maximum absolute atomic E-state index is 11.2. The molecule has 0 radical (unpaired) electrons. The Morgan fingerprint density at radius 1 is 1.56 bits per heavy atom. The van der Waals surface area contributed by atoms with Crippen molar-refractivity contribution < 1.29 is 23.8 Å². The van der Waals surface area contributed by atoms with E-state index >= 15 is 0 Å². The summed E-state index contributed by atoms with van der Waals surface area (Å²) in [5.74, 6) is -0.369. The summed E-state index contributed by atoms with van der Waals surface area (Å²) >= 11 is 0. The first-order chi connectivity index (χ1) is 8.61. The van der Waals surface area contributed by atoms with Gasteiger partial charge in [-0.05, 0) is 6.42 Å². The van der Waals surface area contributed by atoms with Gasteiger partial charge in [-0.15, -0.1) is 0 Å². The second-order valence-electron chi connectivity index (χ2n) is 4.70. The van der Waals surface area contributed by atoms with E-state index in [1.165, 1.54) is 6.92 Å². The maximum atomic E-state index is 11.2. The quantitative estimate of drug-likeness (QED) is 0.760. The summed E-state index contributed by atoms with van der Waals surface area (Å²) in [5.41, 5.74) is 0. The fraction of sp³-hybridized carbons (Fsp3) is 0.833. The minimum atomic E-state index is -0.470. The summed E-state index contributed by atoms with van der Waals surface area (Å²) in [6.07, 6.45) is 1.39. The Balaban J connectivity index is 2.06. The number of rotatable bonds is 4. The first kappa shape index (κ1) is 13.1. The standard InChI is InChI=1S/C12H19NO5/c1-3-4-5-8-11(17-7(2)14)10-9(6-16-8)18-12(15)13-10/h8-11H,3-6H2,1-2H3,(H,13,15)/t8-,9+,10+,11-/m0/s1. The molecule has 1 amide bonds. The van der Waals surface area contributed by atoms with Crippen LogP contribution < -0.4 is 5.32 Å². The van der Waals surface area contributed by atoms with E-state index in [-0.39, 0.29) is 24.2 Å². The molecule has 2 saturated heterocycles. The van der Waals surface area contributed by atoms with E-state index in [9.17, 15) is 9.59 Å². The summed E-state index contributed by atoms with van der Waals surface area (Å²) in [4.78, 5) is 22.4. The highest BCUT2D eigenvalue weighted by atomic mass is 16.6. The second-order valence-corrected chi connectivity index (χ2v) is 4.70. The van der Waals surface area contributed by atoms with Gasteiger partial charge in [0.25, 0.3) is 0 Å². The number of carbonyl (C=O) groups is 2. The van der Waals surface area contributed by atoms with Crippen LogP contribution in [0.5, 0.6) is 0 Å². The number of ether oxygens (including phenoxy) is 3. The highest BCUT2D eigenvalue weighted by Gasteiger charge is 2.48. The topological polar surface area (TPSA) is 73.9 Å². The normalized spacial score (nSPS) is 34.4. The minimum absolute atomic E-state index is 0.169. The molecule has 2 fully saturated rings. The van der Waals surface area contributed by atoms with Gasteiger partial charge >= 0.3 is 12.1 Å². The predicted octanol–water partition coefficient (Wildman–Crippen LogP) is 0.984. The Labute approximate surface area is 106 Å². The SMILES string of the molecule is CCCC[C@@H]1OC[C@H]2OC(=O)N[C@H]2[C@H]1OC(C)=O. The minimum Gasteiger partial charge on any atom is -0.457 e. The molecular weight excluding hydrogens is 238 g/mol. The van der Waals surface area contributed by atoms with E-state index in [4.69, 9.17) is 14.2 Å². The van der Waals surface area contributed by atoms with Gasteiger partial charge in [0, 0.05) is 6.92 Å². The molecule has 2 aliphatic rings. The molecule has 102 valence electrons. The van der Waals surface area contributed by atoms with Gasteiger partial charge in [0.2, 0.25) is 0 Å². The third kappa shape index (κ3) is 2.75. The van der Waals surface area contributed by atoms with E-state index in [0.717, 1.165) is 19.3 Å². The summed E-state index contributed by atoms with van der Waals surface area (Å²) < 4.78 is 16.0. The molecular formula is C12H19NO5. The number of carbonyl (C=O) groups excluding carboxylic acids is 2. The Kier molecular flexibility index (Phi) is 4.06. The number of unbranched alkanes of at least 4 members (excludes halogenated alkanes) is 1. The van der Waals surface area contributed by atoms with Crippen molar-refractivity contribution in [3.63, 3.8) is 0 Å². The van der Waals surface area contributed by atoms with Gasteiger partial charge < -0.3 is 19.5 Å². The monoisotopic (exact) mass is 257 g/mol. The van der Waals surface area contributed by atoms with Crippen molar-refractivity contribution in [3.8, 4) is 0 Å². The molecule has 0 aromatic heterocycles. The van der Waals surface area contributed by atoms with E-state index in [1.54, 1.807) is 0 Å². The average Bonchev–Trinajstić information content (AvgIpc) is 2.68. The van der Waals surface area contributed by atoms with E-state index in [2.05, 4.69) is 12.2 Å². The van der Waals surface area contributed by atoms with Gasteiger partial charge in [-0.2, -0.15) is 0 Å². The molecule has 1 N–H and O–H groups in total. The molecule has 0 aliphatic carbocycles. The van der Waals surface area contributed by atoms with Crippen molar-refractivity contribution in [3.05, 3.63) is 0 Å². The Hall–Kier alpha value is -1.30. The van der Waals surface area contributed by atoms with Crippen LogP contribution in [0.15, 0.2) is 0 Å². The van der Waals surface area contributed by atoms with Crippen LogP contribution >= 0.6 is 0 Å². The van der Waals surface area contributed by atoms with E-state index in [1.807, 2.05) is 0 Å². The zero-order valence-corrected chi connectivity index (χ0v) is 10.7. The molecule has 2 rings (SSSR count). The molecule has 0 unspecified atom stereocenters. The summed E-state index contributed by atoms with van der Waals surface area (Å²) in [6, 6.07) is -0.294. The maximum Gasteiger partial charge on any atom is 0.408 e. The van der Waals surface area contributed by atoms with Gasteiger partial charge in [-0.25, -0.2) is 4.79 Å². The van der Waals surface area contributed by atoms with Crippen LogP contribution in [0.4, 0.5) is 4.79 Å². The van der Waals surface area contributed by atoms with Crippen molar-refractivity contribution in [2.24, 2.45) is 0 Å². The molecule has 6 nitrogen and oxygen atoms in total. The smallest absolute Gasteiger partial charge is 0.408 e. The molecule has 0 aromatic carbocycles. The lowest BCUT2D eigenvalue weighted by Gasteiger charge is -2.37. The van der Waals surface area contributed by atoms with Crippen LogP contribution in [0.25, 0.3) is 0 Å². The Morgan fingerprint density at radius 3 is 3.00 bits per heavy atom. The lowest BCUT2D eigenvalue weighted by Crippen LogP contribution is -2.56. The fourth-order valence-electron chi connectivity index (χ4n) is 2.44. The van der Waals surface area contributed by atoms with E-state index < -0.39 is 12.2 Å². The van der Waals surface area contributed by atoms with Crippen molar-refractivity contribution in [2.75, 3.05) is 6.61 Å². The molecule has 0 saturated carbocycles. The average molecular weight is 257 g/mol. The van der Waals surface area contributed by atoms with Gasteiger partial charge in [0.1, 0.15) is 6.04 Å². The lowest BCUT2D eigenvalue weighted by atomic mass is 9.94. The summed E-state index contributed by atoms with van der Waals surface area (Å²) in [7, 11) is 0.